The quantitative estimate of drug-likeness (QED) is 0.625. The van der Waals surface area contributed by atoms with Crippen LogP contribution in [0.3, 0.4) is 0 Å². The normalized spacial score (nSPS) is 14.9. The van der Waals surface area contributed by atoms with Crippen LogP contribution in [0.1, 0.15) is 12.8 Å². The molecule has 0 N–H and O–H groups in total. The standard InChI is InChI=1S/C11H16N4O3/c1-13(6-3-5-12)9(16)4-7-15-10(17)8-14(2)11(15)18/h3-4,6-8H2,1-2H3. The maximum absolute atomic E-state index is 11.7. The Morgan fingerprint density at radius 3 is 2.67 bits per heavy atom. The largest absolute Gasteiger partial charge is 0.345 e. The first-order valence-electron chi connectivity index (χ1n) is 5.63. The molecule has 1 aliphatic rings. The fraction of sp³-hybridized carbons (Fsp3) is 0.636. The fourth-order valence-corrected chi connectivity index (χ4v) is 1.63. The summed E-state index contributed by atoms with van der Waals surface area (Å²) in [6.07, 6.45) is 0.361. The van der Waals surface area contributed by atoms with Crippen LogP contribution >= 0.6 is 0 Å². The van der Waals surface area contributed by atoms with E-state index in [9.17, 15) is 14.4 Å². The summed E-state index contributed by atoms with van der Waals surface area (Å²) >= 11 is 0. The average molecular weight is 252 g/mol. The summed E-state index contributed by atoms with van der Waals surface area (Å²) in [4.78, 5) is 38.5. The summed E-state index contributed by atoms with van der Waals surface area (Å²) in [7, 11) is 3.14. The Bertz CT molecular complexity index is 402. The van der Waals surface area contributed by atoms with Crippen molar-refractivity contribution in [3.05, 3.63) is 0 Å². The minimum Gasteiger partial charge on any atom is -0.345 e. The average Bonchev–Trinajstić information content (AvgIpc) is 2.58. The van der Waals surface area contributed by atoms with E-state index in [1.807, 2.05) is 6.07 Å². The molecule has 0 aliphatic carbocycles. The van der Waals surface area contributed by atoms with Crippen molar-refractivity contribution >= 4 is 17.8 Å². The molecule has 7 nitrogen and oxygen atoms in total. The van der Waals surface area contributed by atoms with E-state index in [1.165, 1.54) is 9.80 Å². The Morgan fingerprint density at radius 2 is 2.17 bits per heavy atom. The Morgan fingerprint density at radius 1 is 1.50 bits per heavy atom. The second-order valence-corrected chi connectivity index (χ2v) is 4.16. The van der Waals surface area contributed by atoms with Crippen LogP contribution in [0, 0.1) is 11.3 Å². The molecule has 0 bridgehead atoms. The zero-order valence-corrected chi connectivity index (χ0v) is 10.5. The molecule has 0 radical (unpaired) electrons. The van der Waals surface area contributed by atoms with Crippen molar-refractivity contribution in [3.8, 4) is 6.07 Å². The van der Waals surface area contributed by atoms with E-state index in [2.05, 4.69) is 0 Å². The van der Waals surface area contributed by atoms with Gasteiger partial charge < -0.3 is 9.80 Å². The summed E-state index contributed by atoms with van der Waals surface area (Å²) in [5, 5.41) is 8.41. The van der Waals surface area contributed by atoms with E-state index in [0.717, 1.165) is 4.90 Å². The van der Waals surface area contributed by atoms with Crippen LogP contribution < -0.4 is 0 Å². The van der Waals surface area contributed by atoms with Gasteiger partial charge in [-0.1, -0.05) is 0 Å². The van der Waals surface area contributed by atoms with Gasteiger partial charge in [-0.15, -0.1) is 0 Å². The molecule has 0 unspecified atom stereocenters. The molecule has 0 saturated carbocycles. The lowest BCUT2D eigenvalue weighted by Crippen LogP contribution is -2.36. The van der Waals surface area contributed by atoms with Gasteiger partial charge in [0.15, 0.2) is 0 Å². The zero-order chi connectivity index (χ0) is 13.7. The second-order valence-electron chi connectivity index (χ2n) is 4.16. The lowest BCUT2D eigenvalue weighted by Gasteiger charge is -2.18. The van der Waals surface area contributed by atoms with Gasteiger partial charge in [0.25, 0.3) is 0 Å². The van der Waals surface area contributed by atoms with Gasteiger partial charge in [-0.05, 0) is 0 Å². The number of rotatable bonds is 5. The summed E-state index contributed by atoms with van der Waals surface area (Å²) in [5.74, 6) is -0.463. The lowest BCUT2D eigenvalue weighted by molar-refractivity contribution is -0.130. The van der Waals surface area contributed by atoms with E-state index >= 15 is 0 Å². The third kappa shape index (κ3) is 3.20. The molecule has 1 heterocycles. The summed E-state index contributed by atoms with van der Waals surface area (Å²) in [5.41, 5.74) is 0. The number of hydrogen-bond donors (Lipinski definition) is 0. The van der Waals surface area contributed by atoms with Crippen LogP contribution in [0.15, 0.2) is 0 Å². The number of nitrogens with zero attached hydrogens (tertiary/aromatic N) is 4. The molecule has 0 aromatic rings. The van der Waals surface area contributed by atoms with Crippen molar-refractivity contribution in [2.45, 2.75) is 12.8 Å². The van der Waals surface area contributed by atoms with Gasteiger partial charge in [-0.3, -0.25) is 14.5 Å². The van der Waals surface area contributed by atoms with Gasteiger partial charge >= 0.3 is 6.03 Å². The van der Waals surface area contributed by atoms with E-state index in [0.29, 0.717) is 6.54 Å². The fourth-order valence-electron chi connectivity index (χ4n) is 1.63. The molecule has 0 aromatic carbocycles. The van der Waals surface area contributed by atoms with Crippen LogP contribution in [0.5, 0.6) is 0 Å². The van der Waals surface area contributed by atoms with Gasteiger partial charge in [-0.2, -0.15) is 5.26 Å². The van der Waals surface area contributed by atoms with Crippen molar-refractivity contribution in [1.29, 1.82) is 5.26 Å². The third-order valence-corrected chi connectivity index (χ3v) is 2.76. The molecule has 98 valence electrons. The summed E-state index contributed by atoms with van der Waals surface area (Å²) in [6.45, 7) is 0.520. The number of carbonyl (C=O) groups excluding carboxylic acids is 3. The molecular formula is C11H16N4O3. The predicted octanol–water partition coefficient (Wildman–Crippen LogP) is -0.357. The van der Waals surface area contributed by atoms with Crippen molar-refractivity contribution in [3.63, 3.8) is 0 Å². The summed E-state index contributed by atoms with van der Waals surface area (Å²) < 4.78 is 0. The van der Waals surface area contributed by atoms with Crippen LogP contribution in [0.2, 0.25) is 0 Å². The molecular weight excluding hydrogens is 236 g/mol. The van der Waals surface area contributed by atoms with Gasteiger partial charge in [0.05, 0.1) is 12.5 Å². The molecule has 1 rings (SSSR count). The number of imide groups is 1. The lowest BCUT2D eigenvalue weighted by atomic mass is 10.3. The van der Waals surface area contributed by atoms with Gasteiger partial charge in [0.2, 0.25) is 11.8 Å². The number of hydrogen-bond acceptors (Lipinski definition) is 4. The Labute approximate surface area is 106 Å². The van der Waals surface area contributed by atoms with Crippen LogP contribution in [-0.4, -0.2) is 66.3 Å². The highest BCUT2D eigenvalue weighted by Gasteiger charge is 2.33. The van der Waals surface area contributed by atoms with Crippen molar-refractivity contribution in [2.75, 3.05) is 33.7 Å². The maximum Gasteiger partial charge on any atom is 0.326 e. The number of urea groups is 1. The molecule has 1 aliphatic heterocycles. The smallest absolute Gasteiger partial charge is 0.326 e. The Kier molecular flexibility index (Phi) is 4.66. The predicted molar refractivity (Wildman–Crippen MR) is 62.2 cm³/mol. The van der Waals surface area contributed by atoms with E-state index in [1.54, 1.807) is 14.1 Å². The minimum atomic E-state index is -0.368. The highest BCUT2D eigenvalue weighted by molar-refractivity contribution is 6.02. The second kappa shape index (κ2) is 6.00. The van der Waals surface area contributed by atoms with E-state index < -0.39 is 0 Å². The van der Waals surface area contributed by atoms with Crippen LogP contribution in [-0.2, 0) is 9.59 Å². The van der Waals surface area contributed by atoms with E-state index in [-0.39, 0.29) is 43.8 Å². The van der Waals surface area contributed by atoms with Crippen molar-refractivity contribution < 1.29 is 14.4 Å². The van der Waals surface area contributed by atoms with Crippen molar-refractivity contribution in [1.82, 2.24) is 14.7 Å². The Hall–Kier alpha value is -2.10. The SMILES string of the molecule is CN(CCC#N)C(=O)CCN1C(=O)CN(C)C1=O. The molecule has 0 aromatic heterocycles. The topological polar surface area (TPSA) is 84.7 Å². The van der Waals surface area contributed by atoms with Gasteiger partial charge in [-0.25, -0.2) is 4.79 Å². The first-order valence-corrected chi connectivity index (χ1v) is 5.63. The first kappa shape index (κ1) is 14.0. The molecule has 7 heteroatoms. The monoisotopic (exact) mass is 252 g/mol. The number of carbonyl (C=O) groups is 3. The number of amides is 4. The highest BCUT2D eigenvalue weighted by atomic mass is 16.2. The molecule has 1 saturated heterocycles. The number of nitriles is 1. The first-order chi connectivity index (χ1) is 8.47. The third-order valence-electron chi connectivity index (χ3n) is 2.76. The molecule has 1 fully saturated rings. The molecule has 0 spiro atoms. The summed E-state index contributed by atoms with van der Waals surface area (Å²) in [6, 6.07) is 1.58. The van der Waals surface area contributed by atoms with E-state index in [4.69, 9.17) is 5.26 Å². The van der Waals surface area contributed by atoms with Crippen LogP contribution in [0.25, 0.3) is 0 Å². The minimum absolute atomic E-state index is 0.0668. The molecule has 4 amide bonds. The Balaban J connectivity index is 2.41. The van der Waals surface area contributed by atoms with Gasteiger partial charge in [0, 0.05) is 33.6 Å². The van der Waals surface area contributed by atoms with Crippen molar-refractivity contribution in [2.24, 2.45) is 0 Å². The number of likely N-dealkylation sites (N-methyl/N-ethyl adjacent to an activating group) is 1. The van der Waals surface area contributed by atoms with Gasteiger partial charge in [0.1, 0.15) is 6.54 Å². The molecule has 18 heavy (non-hydrogen) atoms. The maximum atomic E-state index is 11.7. The molecule has 0 atom stereocenters. The zero-order valence-electron chi connectivity index (χ0n) is 10.5. The highest BCUT2D eigenvalue weighted by Crippen LogP contribution is 2.08. The van der Waals surface area contributed by atoms with Crippen LogP contribution in [0.4, 0.5) is 4.79 Å².